The summed E-state index contributed by atoms with van der Waals surface area (Å²) in [5, 5.41) is 3.76. The van der Waals surface area contributed by atoms with Crippen LogP contribution >= 0.6 is 11.3 Å². The predicted octanol–water partition coefficient (Wildman–Crippen LogP) is 5.48. The summed E-state index contributed by atoms with van der Waals surface area (Å²) in [5.41, 5.74) is 1.50. The molecule has 1 N–H and O–H groups in total. The number of urea groups is 2. The van der Waals surface area contributed by atoms with Crippen LogP contribution in [0.5, 0.6) is 11.5 Å². The third kappa shape index (κ3) is 4.97. The monoisotopic (exact) mass is 492 g/mol. The van der Waals surface area contributed by atoms with E-state index in [1.54, 1.807) is 41.9 Å². The van der Waals surface area contributed by atoms with Crippen LogP contribution in [0.4, 0.5) is 15.4 Å². The first-order chi connectivity index (χ1) is 17.0. The molecule has 3 aromatic heterocycles. The fraction of sp³-hybridized carbons (Fsp3) is 0.400. The largest absolute Gasteiger partial charge is 0.455 e. The number of imide groups is 1. The molecule has 0 atom stereocenters. The van der Waals surface area contributed by atoms with Crippen LogP contribution in [0.2, 0.25) is 0 Å². The molecule has 0 unspecified atom stereocenters. The van der Waals surface area contributed by atoms with E-state index in [0.29, 0.717) is 42.5 Å². The van der Waals surface area contributed by atoms with Crippen LogP contribution in [-0.2, 0) is 6.42 Å². The van der Waals surface area contributed by atoms with Gasteiger partial charge in [-0.05, 0) is 44.4 Å². The van der Waals surface area contributed by atoms with Gasteiger partial charge in [-0.3, -0.25) is 10.3 Å². The number of pyridine rings is 2. The number of ether oxygens (including phenoxy) is 1. The molecule has 2 aliphatic rings. The Morgan fingerprint density at radius 1 is 1.20 bits per heavy atom. The van der Waals surface area contributed by atoms with Gasteiger partial charge in [0, 0.05) is 37.6 Å². The second kappa shape index (κ2) is 9.99. The van der Waals surface area contributed by atoms with Gasteiger partial charge >= 0.3 is 12.1 Å². The normalized spacial score (nSPS) is 16.2. The van der Waals surface area contributed by atoms with Crippen LogP contribution in [0.1, 0.15) is 43.3 Å². The van der Waals surface area contributed by atoms with E-state index in [0.717, 1.165) is 41.3 Å². The molecule has 4 amide bonds. The molecule has 0 bridgehead atoms. The highest BCUT2D eigenvalue weighted by Crippen LogP contribution is 2.31. The third-order valence-corrected chi connectivity index (χ3v) is 7.32. The number of aromatic nitrogens is 3. The topological polar surface area (TPSA) is 101 Å². The van der Waals surface area contributed by atoms with Crippen molar-refractivity contribution in [3.8, 4) is 22.1 Å². The molecule has 0 spiro atoms. The van der Waals surface area contributed by atoms with E-state index in [-0.39, 0.29) is 12.1 Å². The smallest absolute Gasteiger partial charge is 0.331 e. The van der Waals surface area contributed by atoms with Gasteiger partial charge in [0.2, 0.25) is 0 Å². The van der Waals surface area contributed by atoms with E-state index in [2.05, 4.69) is 20.3 Å². The van der Waals surface area contributed by atoms with Crippen LogP contribution in [0, 0.1) is 6.92 Å². The first kappa shape index (κ1) is 23.2. The third-order valence-electron chi connectivity index (χ3n) is 6.39. The van der Waals surface area contributed by atoms with Crippen molar-refractivity contribution in [2.24, 2.45) is 0 Å². The lowest BCUT2D eigenvalue weighted by molar-refractivity contribution is 0.178. The van der Waals surface area contributed by atoms with E-state index in [1.807, 2.05) is 24.8 Å². The van der Waals surface area contributed by atoms with Crippen LogP contribution in [0.15, 0.2) is 36.7 Å². The molecule has 1 aliphatic heterocycles. The highest BCUT2D eigenvalue weighted by Gasteiger charge is 2.38. The molecule has 4 heterocycles. The standard InChI is InChI=1S/C25H28N6O3S/c1-3-19-21(34-18-10-11-26-20(14-18)22-15-27-16(2)35-22)8-9-23(28-19)29-24(32)31-13-12-30(25(31)33)17-6-4-5-7-17/h8-11,14-15,17H,3-7,12-13H2,1-2H3,(H,28,29,32). The number of hydrogen-bond acceptors (Lipinski definition) is 7. The number of rotatable bonds is 6. The van der Waals surface area contributed by atoms with Crippen LogP contribution in [-0.4, -0.2) is 55.9 Å². The SMILES string of the molecule is CCc1nc(NC(=O)N2CCN(C3CCCC3)C2=O)ccc1Oc1ccnc(-c2cnc(C)s2)c1. The number of carbonyl (C=O) groups is 2. The molecule has 3 aromatic rings. The molecular weight excluding hydrogens is 464 g/mol. The Hall–Kier alpha value is -3.53. The molecule has 1 aliphatic carbocycles. The highest BCUT2D eigenvalue weighted by atomic mass is 32.1. The molecule has 1 saturated heterocycles. The maximum absolute atomic E-state index is 12.8. The number of thiazole rings is 1. The van der Waals surface area contributed by atoms with Crippen molar-refractivity contribution in [3.05, 3.63) is 47.4 Å². The first-order valence-corrected chi connectivity index (χ1v) is 12.8. The maximum atomic E-state index is 12.8. The van der Waals surface area contributed by atoms with Gasteiger partial charge in [0.15, 0.2) is 0 Å². The Bertz CT molecular complexity index is 1240. The summed E-state index contributed by atoms with van der Waals surface area (Å²) in [6, 6.07) is 6.74. The second-order valence-electron chi connectivity index (χ2n) is 8.71. The van der Waals surface area contributed by atoms with Crippen molar-refractivity contribution in [1.29, 1.82) is 0 Å². The van der Waals surface area contributed by atoms with E-state index < -0.39 is 6.03 Å². The van der Waals surface area contributed by atoms with Gasteiger partial charge in [0.25, 0.3) is 0 Å². The number of nitrogens with zero attached hydrogens (tertiary/aromatic N) is 5. The van der Waals surface area contributed by atoms with Gasteiger partial charge < -0.3 is 9.64 Å². The number of anilines is 1. The molecule has 2 fully saturated rings. The van der Waals surface area contributed by atoms with Crippen molar-refractivity contribution in [2.45, 2.75) is 52.0 Å². The van der Waals surface area contributed by atoms with Crippen LogP contribution in [0.3, 0.4) is 0 Å². The lowest BCUT2D eigenvalue weighted by Gasteiger charge is -2.23. The minimum Gasteiger partial charge on any atom is -0.455 e. The summed E-state index contributed by atoms with van der Waals surface area (Å²) in [7, 11) is 0. The highest BCUT2D eigenvalue weighted by molar-refractivity contribution is 7.15. The molecule has 10 heteroatoms. The molecule has 0 radical (unpaired) electrons. The van der Waals surface area contributed by atoms with Crippen LogP contribution < -0.4 is 10.1 Å². The van der Waals surface area contributed by atoms with E-state index >= 15 is 0 Å². The molecule has 182 valence electrons. The Balaban J connectivity index is 1.27. The van der Waals surface area contributed by atoms with Crippen molar-refractivity contribution in [1.82, 2.24) is 24.8 Å². The summed E-state index contributed by atoms with van der Waals surface area (Å²) >= 11 is 1.58. The lowest BCUT2D eigenvalue weighted by atomic mass is 10.2. The average Bonchev–Trinajstić information content (AvgIpc) is 3.61. The van der Waals surface area contributed by atoms with Gasteiger partial charge in [-0.25, -0.2) is 24.5 Å². The van der Waals surface area contributed by atoms with Crippen molar-refractivity contribution in [3.63, 3.8) is 0 Å². The number of amides is 4. The molecular formula is C25H28N6O3S. The van der Waals surface area contributed by atoms with Gasteiger partial charge in [-0.15, -0.1) is 11.3 Å². The molecule has 9 nitrogen and oxygen atoms in total. The summed E-state index contributed by atoms with van der Waals surface area (Å²) in [4.78, 5) is 43.0. The van der Waals surface area contributed by atoms with Crippen molar-refractivity contribution >= 4 is 29.2 Å². The summed E-state index contributed by atoms with van der Waals surface area (Å²) in [6.45, 7) is 4.92. The zero-order chi connectivity index (χ0) is 24.4. The molecule has 0 aromatic carbocycles. The van der Waals surface area contributed by atoms with E-state index in [9.17, 15) is 9.59 Å². The lowest BCUT2D eigenvalue weighted by Crippen LogP contribution is -2.42. The Morgan fingerprint density at radius 3 is 2.77 bits per heavy atom. The van der Waals surface area contributed by atoms with Gasteiger partial charge in [-0.1, -0.05) is 19.8 Å². The quantitative estimate of drug-likeness (QED) is 0.489. The Kier molecular flexibility index (Phi) is 6.63. The fourth-order valence-electron chi connectivity index (χ4n) is 4.59. The average molecular weight is 493 g/mol. The summed E-state index contributed by atoms with van der Waals surface area (Å²) in [5.74, 6) is 1.64. The maximum Gasteiger partial charge on any atom is 0.331 e. The zero-order valence-corrected chi connectivity index (χ0v) is 20.7. The minimum absolute atomic E-state index is 0.213. The number of aryl methyl sites for hydroxylation is 2. The van der Waals surface area contributed by atoms with E-state index in [1.165, 1.54) is 4.90 Å². The molecule has 35 heavy (non-hydrogen) atoms. The van der Waals surface area contributed by atoms with Gasteiger partial charge in [0.1, 0.15) is 17.3 Å². The van der Waals surface area contributed by atoms with Gasteiger partial charge in [0.05, 0.1) is 21.3 Å². The summed E-state index contributed by atoms with van der Waals surface area (Å²) in [6.07, 6.45) is 8.45. The minimum atomic E-state index is -0.447. The number of nitrogens with one attached hydrogen (secondary N) is 1. The van der Waals surface area contributed by atoms with Crippen molar-refractivity contribution in [2.75, 3.05) is 18.4 Å². The molecule has 1 saturated carbocycles. The predicted molar refractivity (Wildman–Crippen MR) is 134 cm³/mol. The first-order valence-electron chi connectivity index (χ1n) is 12.0. The van der Waals surface area contributed by atoms with Crippen molar-refractivity contribution < 1.29 is 14.3 Å². The van der Waals surface area contributed by atoms with E-state index in [4.69, 9.17) is 4.74 Å². The second-order valence-corrected chi connectivity index (χ2v) is 9.95. The fourth-order valence-corrected chi connectivity index (χ4v) is 5.34. The number of hydrogen-bond donors (Lipinski definition) is 1. The number of carbonyl (C=O) groups excluding carboxylic acids is 2. The molecule has 5 rings (SSSR count). The summed E-state index contributed by atoms with van der Waals surface area (Å²) < 4.78 is 6.12. The van der Waals surface area contributed by atoms with Crippen LogP contribution in [0.25, 0.3) is 10.6 Å². The Labute approximate surface area is 208 Å². The Morgan fingerprint density at radius 2 is 2.03 bits per heavy atom. The van der Waals surface area contributed by atoms with Gasteiger partial charge in [-0.2, -0.15) is 0 Å². The zero-order valence-electron chi connectivity index (χ0n) is 19.9.